The molecule has 0 fully saturated rings. The van der Waals surface area contributed by atoms with E-state index in [4.69, 9.17) is 5.26 Å². The van der Waals surface area contributed by atoms with Crippen LogP contribution in [-0.4, -0.2) is 17.1 Å². The van der Waals surface area contributed by atoms with Crippen LogP contribution in [-0.2, 0) is 0 Å². The maximum Gasteiger partial charge on any atom is 0.252 e. The quantitative estimate of drug-likeness (QED) is 0.835. The van der Waals surface area contributed by atoms with E-state index in [2.05, 4.69) is 5.32 Å². The summed E-state index contributed by atoms with van der Waals surface area (Å²) in [5, 5.41) is 21.0. The lowest BCUT2D eigenvalue weighted by atomic mass is 10.1. The number of carbonyl (C=O) groups is 1. The van der Waals surface area contributed by atoms with E-state index < -0.39 is 6.04 Å². The number of phenolic OH excluding ortho intramolecular Hbond substituents is 1. The molecule has 0 aliphatic heterocycles. The predicted octanol–water partition coefficient (Wildman–Crippen LogP) is 2.12. The van der Waals surface area contributed by atoms with Gasteiger partial charge in [0.25, 0.3) is 5.91 Å². The van der Waals surface area contributed by atoms with Crippen LogP contribution < -0.4 is 5.32 Å². The Morgan fingerprint density at radius 2 is 2.29 bits per heavy atom. The molecule has 1 aromatic rings. The molecule has 0 saturated heterocycles. The van der Waals surface area contributed by atoms with E-state index in [0.717, 1.165) is 6.42 Å². The van der Waals surface area contributed by atoms with Gasteiger partial charge in [-0.3, -0.25) is 4.79 Å². The highest BCUT2D eigenvalue weighted by molar-refractivity contribution is 5.95. The maximum absolute atomic E-state index is 11.8. The van der Waals surface area contributed by atoms with E-state index in [0.29, 0.717) is 17.5 Å². The summed E-state index contributed by atoms with van der Waals surface area (Å²) >= 11 is 0. The molecular formula is C13H16N2O2. The average Bonchev–Trinajstić information content (AvgIpc) is 2.31. The minimum absolute atomic E-state index is 0.0849. The third kappa shape index (κ3) is 3.49. The summed E-state index contributed by atoms with van der Waals surface area (Å²) < 4.78 is 0. The van der Waals surface area contributed by atoms with Gasteiger partial charge in [0.05, 0.1) is 6.07 Å². The fourth-order valence-corrected chi connectivity index (χ4v) is 1.45. The number of hydrogen-bond donors (Lipinski definition) is 2. The fourth-order valence-electron chi connectivity index (χ4n) is 1.45. The zero-order valence-electron chi connectivity index (χ0n) is 10.0. The summed E-state index contributed by atoms with van der Waals surface area (Å²) in [5.41, 5.74) is 1.08. The van der Waals surface area contributed by atoms with Gasteiger partial charge in [-0.05, 0) is 31.0 Å². The van der Waals surface area contributed by atoms with E-state index in [9.17, 15) is 9.90 Å². The fraction of sp³-hybridized carbons (Fsp3) is 0.385. The Hall–Kier alpha value is -2.02. The van der Waals surface area contributed by atoms with Crippen LogP contribution in [0.2, 0.25) is 0 Å². The van der Waals surface area contributed by atoms with Gasteiger partial charge >= 0.3 is 0 Å². The van der Waals surface area contributed by atoms with E-state index >= 15 is 0 Å². The number of benzene rings is 1. The molecule has 0 aliphatic carbocycles. The van der Waals surface area contributed by atoms with Gasteiger partial charge in [-0.2, -0.15) is 5.26 Å². The van der Waals surface area contributed by atoms with Crippen molar-refractivity contribution in [2.45, 2.75) is 32.7 Å². The van der Waals surface area contributed by atoms with Crippen molar-refractivity contribution in [2.24, 2.45) is 0 Å². The molecule has 1 aromatic carbocycles. The molecule has 2 N–H and O–H groups in total. The van der Waals surface area contributed by atoms with Gasteiger partial charge < -0.3 is 10.4 Å². The third-order valence-electron chi connectivity index (χ3n) is 2.51. The molecule has 1 unspecified atom stereocenters. The summed E-state index contributed by atoms with van der Waals surface area (Å²) in [6, 6.07) is 6.27. The molecule has 90 valence electrons. The van der Waals surface area contributed by atoms with E-state index in [1.54, 1.807) is 19.1 Å². The van der Waals surface area contributed by atoms with Crippen molar-refractivity contribution >= 4 is 5.91 Å². The standard InChI is InChI=1S/C13H16N2O2/c1-3-4-11(8-14)15-13(17)10-6-5-9(2)12(16)7-10/h5-7,11,16H,3-4H2,1-2H3,(H,15,17). The van der Waals surface area contributed by atoms with Gasteiger partial charge in [0.2, 0.25) is 0 Å². The molecule has 1 atom stereocenters. The molecule has 4 heteroatoms. The highest BCUT2D eigenvalue weighted by Gasteiger charge is 2.12. The Balaban J connectivity index is 2.76. The predicted molar refractivity (Wildman–Crippen MR) is 64.6 cm³/mol. The van der Waals surface area contributed by atoms with Gasteiger partial charge in [-0.25, -0.2) is 0 Å². The number of rotatable bonds is 4. The second-order valence-corrected chi connectivity index (χ2v) is 3.95. The molecule has 0 saturated carbocycles. The van der Waals surface area contributed by atoms with E-state index in [1.807, 2.05) is 13.0 Å². The van der Waals surface area contributed by atoms with Gasteiger partial charge in [0.1, 0.15) is 11.8 Å². The van der Waals surface area contributed by atoms with Crippen LogP contribution in [0.15, 0.2) is 18.2 Å². The SMILES string of the molecule is CCCC(C#N)NC(=O)c1ccc(C)c(O)c1. The Morgan fingerprint density at radius 1 is 1.59 bits per heavy atom. The lowest BCUT2D eigenvalue weighted by Gasteiger charge is -2.10. The van der Waals surface area contributed by atoms with Crippen molar-refractivity contribution in [1.29, 1.82) is 5.26 Å². The number of hydrogen-bond acceptors (Lipinski definition) is 3. The Bertz CT molecular complexity index is 449. The molecular weight excluding hydrogens is 216 g/mol. The highest BCUT2D eigenvalue weighted by atomic mass is 16.3. The van der Waals surface area contributed by atoms with Gasteiger partial charge in [-0.15, -0.1) is 0 Å². The number of phenols is 1. The summed E-state index contributed by atoms with van der Waals surface area (Å²) in [4.78, 5) is 11.8. The molecule has 4 nitrogen and oxygen atoms in total. The largest absolute Gasteiger partial charge is 0.508 e. The lowest BCUT2D eigenvalue weighted by Crippen LogP contribution is -2.33. The van der Waals surface area contributed by atoms with Gasteiger partial charge in [-0.1, -0.05) is 19.4 Å². The van der Waals surface area contributed by atoms with E-state index in [-0.39, 0.29) is 11.7 Å². The van der Waals surface area contributed by atoms with Crippen LogP contribution in [0.1, 0.15) is 35.7 Å². The monoisotopic (exact) mass is 232 g/mol. The minimum atomic E-state index is -0.476. The third-order valence-corrected chi connectivity index (χ3v) is 2.51. The number of amides is 1. The second-order valence-electron chi connectivity index (χ2n) is 3.95. The Morgan fingerprint density at radius 3 is 2.82 bits per heavy atom. The minimum Gasteiger partial charge on any atom is -0.508 e. The van der Waals surface area contributed by atoms with Gasteiger partial charge in [0.15, 0.2) is 0 Å². The molecule has 0 bridgehead atoms. The number of nitriles is 1. The number of aromatic hydroxyl groups is 1. The molecule has 17 heavy (non-hydrogen) atoms. The summed E-state index contributed by atoms with van der Waals surface area (Å²) in [6.07, 6.45) is 1.46. The van der Waals surface area contributed by atoms with Crippen molar-refractivity contribution in [3.8, 4) is 11.8 Å². The van der Waals surface area contributed by atoms with E-state index in [1.165, 1.54) is 6.07 Å². The molecule has 0 heterocycles. The van der Waals surface area contributed by atoms with Crippen LogP contribution in [0, 0.1) is 18.3 Å². The first-order valence-electron chi connectivity index (χ1n) is 5.58. The second kappa shape index (κ2) is 5.90. The Kier molecular flexibility index (Phi) is 4.53. The smallest absolute Gasteiger partial charge is 0.252 e. The molecule has 0 radical (unpaired) electrons. The van der Waals surface area contributed by atoms with Crippen molar-refractivity contribution in [3.05, 3.63) is 29.3 Å². The van der Waals surface area contributed by atoms with Gasteiger partial charge in [0, 0.05) is 5.56 Å². The first kappa shape index (κ1) is 13.0. The maximum atomic E-state index is 11.8. The highest BCUT2D eigenvalue weighted by Crippen LogP contribution is 2.17. The van der Waals surface area contributed by atoms with Crippen LogP contribution in [0.3, 0.4) is 0 Å². The molecule has 0 aliphatic rings. The first-order valence-corrected chi connectivity index (χ1v) is 5.58. The molecule has 1 amide bonds. The zero-order valence-corrected chi connectivity index (χ0v) is 10.0. The van der Waals surface area contributed by atoms with Crippen LogP contribution in [0.4, 0.5) is 0 Å². The summed E-state index contributed by atoms with van der Waals surface area (Å²) in [6.45, 7) is 3.71. The number of carbonyl (C=O) groups excluding carboxylic acids is 1. The molecule has 0 aromatic heterocycles. The van der Waals surface area contributed by atoms with Crippen LogP contribution in [0.5, 0.6) is 5.75 Å². The van der Waals surface area contributed by atoms with Crippen molar-refractivity contribution in [2.75, 3.05) is 0 Å². The molecule has 0 spiro atoms. The Labute approximate surface area is 101 Å². The number of nitrogens with one attached hydrogen (secondary N) is 1. The lowest BCUT2D eigenvalue weighted by molar-refractivity contribution is 0.0943. The summed E-state index contributed by atoms with van der Waals surface area (Å²) in [7, 11) is 0. The summed E-state index contributed by atoms with van der Waals surface area (Å²) in [5.74, 6) is -0.248. The van der Waals surface area contributed by atoms with Crippen LogP contribution >= 0.6 is 0 Å². The van der Waals surface area contributed by atoms with Crippen molar-refractivity contribution in [3.63, 3.8) is 0 Å². The first-order chi connectivity index (χ1) is 8.08. The topological polar surface area (TPSA) is 73.1 Å². The van der Waals surface area contributed by atoms with Crippen molar-refractivity contribution < 1.29 is 9.90 Å². The molecule has 1 rings (SSSR count). The number of aryl methyl sites for hydroxylation is 1. The normalized spacial score (nSPS) is 11.6. The average molecular weight is 232 g/mol. The van der Waals surface area contributed by atoms with Crippen LogP contribution in [0.25, 0.3) is 0 Å². The number of nitrogens with zero attached hydrogens (tertiary/aromatic N) is 1. The zero-order chi connectivity index (χ0) is 12.8. The van der Waals surface area contributed by atoms with Crippen molar-refractivity contribution in [1.82, 2.24) is 5.32 Å².